The SMILES string of the molecule is CCOc1ccccc1NC(=O)c1cncc(C(=O)NC(C)C)c1. The number of pyridine rings is 1. The molecule has 2 amide bonds. The van der Waals surface area contributed by atoms with Gasteiger partial charge in [0.2, 0.25) is 0 Å². The van der Waals surface area contributed by atoms with Crippen LogP contribution in [0.4, 0.5) is 5.69 Å². The number of amides is 2. The number of aromatic nitrogens is 1. The number of rotatable bonds is 6. The largest absolute Gasteiger partial charge is 0.492 e. The third-order valence-electron chi connectivity index (χ3n) is 3.12. The lowest BCUT2D eigenvalue weighted by atomic mass is 10.1. The maximum absolute atomic E-state index is 12.4. The van der Waals surface area contributed by atoms with Gasteiger partial charge in [-0.25, -0.2) is 0 Å². The minimum atomic E-state index is -0.353. The smallest absolute Gasteiger partial charge is 0.257 e. The first-order valence-corrected chi connectivity index (χ1v) is 7.80. The molecule has 2 aromatic rings. The predicted molar refractivity (Wildman–Crippen MR) is 92.4 cm³/mol. The Morgan fingerprint density at radius 3 is 2.46 bits per heavy atom. The van der Waals surface area contributed by atoms with E-state index in [4.69, 9.17) is 4.74 Å². The van der Waals surface area contributed by atoms with Crippen LogP contribution in [0.3, 0.4) is 0 Å². The van der Waals surface area contributed by atoms with Gasteiger partial charge in [0.1, 0.15) is 5.75 Å². The van der Waals surface area contributed by atoms with Crippen LogP contribution in [0, 0.1) is 0 Å². The zero-order chi connectivity index (χ0) is 17.5. The second-order valence-electron chi connectivity index (χ2n) is 5.47. The zero-order valence-corrected chi connectivity index (χ0v) is 14.0. The fraction of sp³-hybridized carbons (Fsp3) is 0.278. The van der Waals surface area contributed by atoms with Crippen LogP contribution < -0.4 is 15.4 Å². The Balaban J connectivity index is 2.17. The van der Waals surface area contributed by atoms with E-state index in [9.17, 15) is 9.59 Å². The van der Waals surface area contributed by atoms with E-state index < -0.39 is 0 Å². The molecular weight excluding hydrogens is 306 g/mol. The normalized spacial score (nSPS) is 10.3. The molecule has 1 aromatic heterocycles. The molecule has 6 heteroatoms. The van der Waals surface area contributed by atoms with Crippen molar-refractivity contribution in [1.29, 1.82) is 0 Å². The quantitative estimate of drug-likeness (QED) is 0.855. The molecule has 0 aliphatic heterocycles. The summed E-state index contributed by atoms with van der Waals surface area (Å²) in [6.45, 7) is 6.11. The average molecular weight is 327 g/mol. The number of nitrogens with one attached hydrogen (secondary N) is 2. The van der Waals surface area contributed by atoms with Crippen molar-refractivity contribution in [2.75, 3.05) is 11.9 Å². The van der Waals surface area contributed by atoms with Crippen LogP contribution in [0.25, 0.3) is 0 Å². The molecule has 6 nitrogen and oxygen atoms in total. The van der Waals surface area contributed by atoms with Gasteiger partial charge in [0.25, 0.3) is 11.8 Å². The zero-order valence-electron chi connectivity index (χ0n) is 14.0. The van der Waals surface area contributed by atoms with Gasteiger partial charge in [-0.15, -0.1) is 0 Å². The molecule has 0 unspecified atom stereocenters. The van der Waals surface area contributed by atoms with Crippen molar-refractivity contribution >= 4 is 17.5 Å². The highest BCUT2D eigenvalue weighted by Gasteiger charge is 2.13. The number of nitrogens with zero attached hydrogens (tertiary/aromatic N) is 1. The second-order valence-corrected chi connectivity index (χ2v) is 5.47. The van der Waals surface area contributed by atoms with Gasteiger partial charge in [-0.05, 0) is 39.0 Å². The van der Waals surface area contributed by atoms with Gasteiger partial charge < -0.3 is 15.4 Å². The topological polar surface area (TPSA) is 80.3 Å². The predicted octanol–water partition coefficient (Wildman–Crippen LogP) is 2.87. The van der Waals surface area contributed by atoms with E-state index in [-0.39, 0.29) is 17.9 Å². The number of anilines is 1. The fourth-order valence-electron chi connectivity index (χ4n) is 2.08. The molecule has 126 valence electrons. The standard InChI is InChI=1S/C18H21N3O3/c1-4-24-16-8-6-5-7-15(16)21-18(23)14-9-13(10-19-11-14)17(22)20-12(2)3/h5-12H,4H2,1-3H3,(H,20,22)(H,21,23). The molecule has 0 atom stereocenters. The van der Waals surface area contributed by atoms with Gasteiger partial charge in [-0.1, -0.05) is 12.1 Å². The lowest BCUT2D eigenvalue weighted by Gasteiger charge is -2.12. The van der Waals surface area contributed by atoms with E-state index in [1.54, 1.807) is 12.1 Å². The highest BCUT2D eigenvalue weighted by molar-refractivity contribution is 6.06. The number of carbonyl (C=O) groups excluding carboxylic acids is 2. The highest BCUT2D eigenvalue weighted by atomic mass is 16.5. The molecule has 0 radical (unpaired) electrons. The minimum absolute atomic E-state index is 0.00746. The van der Waals surface area contributed by atoms with Gasteiger partial charge in [-0.3, -0.25) is 14.6 Å². The Labute approximate surface area is 141 Å². The minimum Gasteiger partial charge on any atom is -0.492 e. The Hall–Kier alpha value is -2.89. The summed E-state index contributed by atoms with van der Waals surface area (Å²) in [7, 11) is 0. The summed E-state index contributed by atoms with van der Waals surface area (Å²) >= 11 is 0. The summed E-state index contributed by atoms with van der Waals surface area (Å²) in [5, 5.41) is 5.55. The monoisotopic (exact) mass is 327 g/mol. The first-order chi connectivity index (χ1) is 11.5. The van der Waals surface area contributed by atoms with Gasteiger partial charge in [0.15, 0.2) is 0 Å². The van der Waals surface area contributed by atoms with Crippen molar-refractivity contribution < 1.29 is 14.3 Å². The van der Waals surface area contributed by atoms with Crippen molar-refractivity contribution in [3.8, 4) is 5.75 Å². The first-order valence-electron chi connectivity index (χ1n) is 7.80. The number of hydrogen-bond donors (Lipinski definition) is 2. The summed E-state index contributed by atoms with van der Waals surface area (Å²) < 4.78 is 5.48. The number of ether oxygens (including phenoxy) is 1. The highest BCUT2D eigenvalue weighted by Crippen LogP contribution is 2.24. The van der Waals surface area contributed by atoms with E-state index >= 15 is 0 Å². The Morgan fingerprint density at radius 1 is 1.12 bits per heavy atom. The number of hydrogen-bond acceptors (Lipinski definition) is 4. The van der Waals surface area contributed by atoms with Gasteiger partial charge >= 0.3 is 0 Å². The Kier molecular flexibility index (Phi) is 5.89. The second kappa shape index (κ2) is 8.10. The van der Waals surface area contributed by atoms with Crippen molar-refractivity contribution in [3.05, 3.63) is 53.9 Å². The van der Waals surface area contributed by atoms with E-state index in [0.717, 1.165) is 0 Å². The molecule has 1 heterocycles. The molecule has 2 N–H and O–H groups in total. The van der Waals surface area contributed by atoms with Gasteiger partial charge in [0, 0.05) is 18.4 Å². The molecule has 0 fully saturated rings. The summed E-state index contributed by atoms with van der Waals surface area (Å²) in [6, 6.07) is 8.70. The third-order valence-corrected chi connectivity index (χ3v) is 3.12. The number of para-hydroxylation sites is 2. The molecule has 0 spiro atoms. The molecule has 1 aromatic carbocycles. The van der Waals surface area contributed by atoms with Gasteiger partial charge in [0.05, 0.1) is 23.4 Å². The van der Waals surface area contributed by atoms with Crippen LogP contribution >= 0.6 is 0 Å². The Bertz CT molecular complexity index is 729. The maximum Gasteiger partial charge on any atom is 0.257 e. The van der Waals surface area contributed by atoms with Crippen LogP contribution in [-0.4, -0.2) is 29.4 Å². The summed E-state index contributed by atoms with van der Waals surface area (Å²) in [5.74, 6) is -0.0225. The van der Waals surface area contributed by atoms with Gasteiger partial charge in [-0.2, -0.15) is 0 Å². The number of benzene rings is 1. The van der Waals surface area contributed by atoms with E-state index in [1.807, 2.05) is 32.9 Å². The lowest BCUT2D eigenvalue weighted by molar-refractivity contribution is 0.0942. The molecule has 2 rings (SSSR count). The molecule has 0 saturated carbocycles. The fourth-order valence-corrected chi connectivity index (χ4v) is 2.08. The molecule has 0 saturated heterocycles. The molecule has 0 bridgehead atoms. The van der Waals surface area contributed by atoms with Crippen molar-refractivity contribution in [2.24, 2.45) is 0 Å². The summed E-state index contributed by atoms with van der Waals surface area (Å²) in [4.78, 5) is 28.4. The molecule has 0 aliphatic rings. The van der Waals surface area contributed by atoms with Crippen molar-refractivity contribution in [2.45, 2.75) is 26.8 Å². The molecule has 0 aliphatic carbocycles. The summed E-state index contributed by atoms with van der Waals surface area (Å²) in [5.41, 5.74) is 1.22. The van der Waals surface area contributed by atoms with Crippen molar-refractivity contribution in [3.63, 3.8) is 0 Å². The summed E-state index contributed by atoms with van der Waals surface area (Å²) in [6.07, 6.45) is 2.85. The van der Waals surface area contributed by atoms with E-state index in [2.05, 4.69) is 15.6 Å². The van der Waals surface area contributed by atoms with Crippen LogP contribution in [0.1, 0.15) is 41.5 Å². The van der Waals surface area contributed by atoms with Crippen LogP contribution in [0.5, 0.6) is 5.75 Å². The van der Waals surface area contributed by atoms with Crippen molar-refractivity contribution in [1.82, 2.24) is 10.3 Å². The third kappa shape index (κ3) is 4.55. The lowest BCUT2D eigenvalue weighted by Crippen LogP contribution is -2.30. The molecule has 24 heavy (non-hydrogen) atoms. The molecular formula is C18H21N3O3. The maximum atomic E-state index is 12.4. The van der Waals surface area contributed by atoms with E-state index in [0.29, 0.717) is 29.2 Å². The number of carbonyl (C=O) groups is 2. The average Bonchev–Trinajstić information content (AvgIpc) is 2.56. The van der Waals surface area contributed by atoms with E-state index in [1.165, 1.54) is 18.5 Å². The van der Waals surface area contributed by atoms with Crippen LogP contribution in [-0.2, 0) is 0 Å². The Morgan fingerprint density at radius 2 is 1.79 bits per heavy atom. The van der Waals surface area contributed by atoms with Crippen LogP contribution in [0.15, 0.2) is 42.7 Å². The van der Waals surface area contributed by atoms with Crippen LogP contribution in [0.2, 0.25) is 0 Å². The first kappa shape index (κ1) is 17.5.